The molecule has 0 atom stereocenters. The number of benzene rings is 1. The van der Waals surface area contributed by atoms with E-state index in [1.165, 1.54) is 0 Å². The summed E-state index contributed by atoms with van der Waals surface area (Å²) in [6.45, 7) is 2.33. The molecule has 4 heteroatoms. The quantitative estimate of drug-likeness (QED) is 0.769. The monoisotopic (exact) mass is 203 g/mol. The van der Waals surface area contributed by atoms with E-state index in [1.54, 1.807) is 0 Å². The lowest BCUT2D eigenvalue weighted by Crippen LogP contribution is -2.18. The maximum atomic E-state index is 10.4. The number of aryl methyl sites for hydroxylation is 1. The van der Waals surface area contributed by atoms with Gasteiger partial charge in [0.15, 0.2) is 0 Å². The Morgan fingerprint density at radius 2 is 2.33 bits per heavy atom. The van der Waals surface area contributed by atoms with Gasteiger partial charge in [-0.25, -0.2) is 4.98 Å². The summed E-state index contributed by atoms with van der Waals surface area (Å²) < 4.78 is 0. The Morgan fingerprint density at radius 1 is 1.53 bits per heavy atom. The van der Waals surface area contributed by atoms with Crippen molar-refractivity contribution in [3.05, 3.63) is 24.0 Å². The van der Waals surface area contributed by atoms with Crippen molar-refractivity contribution in [3.63, 3.8) is 0 Å². The summed E-state index contributed by atoms with van der Waals surface area (Å²) in [6.07, 6.45) is 0.891. The molecule has 0 spiro atoms. The van der Waals surface area contributed by atoms with Gasteiger partial charge in [-0.3, -0.25) is 0 Å². The first-order valence-electron chi connectivity index (χ1n) is 4.82. The van der Waals surface area contributed by atoms with Crippen LogP contribution < -0.4 is 4.90 Å². The third kappa shape index (κ3) is 1.83. The van der Waals surface area contributed by atoms with E-state index in [-0.39, 0.29) is 0 Å². The SMILES string of the molecule is Cc1nc2ccc(N(C)CC=O)cc2[nH]1. The number of rotatable bonds is 3. The molecule has 0 aliphatic rings. The largest absolute Gasteiger partial charge is 0.368 e. The number of nitrogens with zero attached hydrogens (tertiary/aromatic N) is 2. The fraction of sp³-hybridized carbons (Fsp3) is 0.273. The third-order valence-electron chi connectivity index (χ3n) is 2.37. The second-order valence-electron chi connectivity index (χ2n) is 3.57. The Labute approximate surface area is 87.9 Å². The number of hydrogen-bond donors (Lipinski definition) is 1. The molecule has 0 saturated heterocycles. The average molecular weight is 203 g/mol. The first kappa shape index (κ1) is 9.71. The van der Waals surface area contributed by atoms with E-state index in [9.17, 15) is 4.79 Å². The maximum absolute atomic E-state index is 10.4. The highest BCUT2D eigenvalue weighted by Gasteiger charge is 2.03. The Morgan fingerprint density at radius 3 is 3.07 bits per heavy atom. The lowest BCUT2D eigenvalue weighted by Gasteiger charge is -2.15. The van der Waals surface area contributed by atoms with E-state index in [0.29, 0.717) is 6.54 Å². The van der Waals surface area contributed by atoms with Gasteiger partial charge in [-0.05, 0) is 25.1 Å². The molecule has 0 fully saturated rings. The van der Waals surface area contributed by atoms with Crippen molar-refractivity contribution in [2.75, 3.05) is 18.5 Å². The maximum Gasteiger partial charge on any atom is 0.139 e. The molecule has 0 saturated carbocycles. The van der Waals surface area contributed by atoms with Crippen molar-refractivity contribution in [2.45, 2.75) is 6.92 Å². The third-order valence-corrected chi connectivity index (χ3v) is 2.37. The van der Waals surface area contributed by atoms with E-state index < -0.39 is 0 Å². The van der Waals surface area contributed by atoms with E-state index in [4.69, 9.17) is 0 Å². The summed E-state index contributed by atoms with van der Waals surface area (Å²) >= 11 is 0. The molecule has 0 unspecified atom stereocenters. The van der Waals surface area contributed by atoms with Crippen LogP contribution in [0, 0.1) is 6.92 Å². The molecule has 78 valence electrons. The van der Waals surface area contributed by atoms with E-state index in [2.05, 4.69) is 9.97 Å². The van der Waals surface area contributed by atoms with E-state index in [1.807, 2.05) is 37.1 Å². The summed E-state index contributed by atoms with van der Waals surface area (Å²) in [7, 11) is 1.89. The Balaban J connectivity index is 2.41. The van der Waals surface area contributed by atoms with Crippen molar-refractivity contribution in [1.29, 1.82) is 0 Å². The van der Waals surface area contributed by atoms with Crippen molar-refractivity contribution in [2.24, 2.45) is 0 Å². The molecule has 1 aromatic heterocycles. The molecule has 2 aromatic rings. The number of fused-ring (bicyclic) bond motifs is 1. The van der Waals surface area contributed by atoms with Crippen LogP contribution in [-0.4, -0.2) is 29.8 Å². The first-order valence-corrected chi connectivity index (χ1v) is 4.82. The molecule has 0 amide bonds. The van der Waals surface area contributed by atoms with Crippen LogP contribution in [0.25, 0.3) is 11.0 Å². The van der Waals surface area contributed by atoms with Crippen LogP contribution in [0.1, 0.15) is 5.82 Å². The molecule has 1 aromatic carbocycles. The van der Waals surface area contributed by atoms with Gasteiger partial charge < -0.3 is 14.7 Å². The fourth-order valence-electron chi connectivity index (χ4n) is 1.58. The summed E-state index contributed by atoms with van der Waals surface area (Å²) in [6, 6.07) is 5.92. The van der Waals surface area contributed by atoms with Gasteiger partial charge in [-0.1, -0.05) is 0 Å². The number of carbonyl (C=O) groups is 1. The van der Waals surface area contributed by atoms with Gasteiger partial charge >= 0.3 is 0 Å². The molecular formula is C11H13N3O. The van der Waals surface area contributed by atoms with Gasteiger partial charge in [0.1, 0.15) is 12.1 Å². The fourth-order valence-corrected chi connectivity index (χ4v) is 1.58. The highest BCUT2D eigenvalue weighted by Crippen LogP contribution is 2.19. The summed E-state index contributed by atoms with van der Waals surface area (Å²) in [5.41, 5.74) is 2.97. The van der Waals surface area contributed by atoms with Gasteiger partial charge in [0.2, 0.25) is 0 Å². The number of carbonyl (C=O) groups excluding carboxylic acids is 1. The second-order valence-corrected chi connectivity index (χ2v) is 3.57. The Bertz CT molecular complexity index is 490. The number of aldehydes is 1. The van der Waals surface area contributed by atoms with Crippen LogP contribution in [-0.2, 0) is 4.79 Å². The number of anilines is 1. The lowest BCUT2D eigenvalue weighted by molar-refractivity contribution is -0.106. The average Bonchev–Trinajstić information content (AvgIpc) is 2.57. The van der Waals surface area contributed by atoms with Crippen LogP contribution in [0.15, 0.2) is 18.2 Å². The van der Waals surface area contributed by atoms with Crippen molar-refractivity contribution in [1.82, 2.24) is 9.97 Å². The number of H-pyrrole nitrogens is 1. The minimum atomic E-state index is 0.401. The molecule has 0 bridgehead atoms. The zero-order chi connectivity index (χ0) is 10.8. The van der Waals surface area contributed by atoms with Gasteiger partial charge in [0, 0.05) is 12.7 Å². The molecule has 4 nitrogen and oxygen atoms in total. The molecule has 0 radical (unpaired) electrons. The number of nitrogens with one attached hydrogen (secondary N) is 1. The number of aromatic amines is 1. The van der Waals surface area contributed by atoms with Gasteiger partial charge in [-0.2, -0.15) is 0 Å². The number of likely N-dealkylation sites (N-methyl/N-ethyl adjacent to an activating group) is 1. The van der Waals surface area contributed by atoms with Gasteiger partial charge in [-0.15, -0.1) is 0 Å². The summed E-state index contributed by atoms with van der Waals surface area (Å²) in [5, 5.41) is 0. The zero-order valence-corrected chi connectivity index (χ0v) is 8.82. The van der Waals surface area contributed by atoms with Crippen LogP contribution >= 0.6 is 0 Å². The summed E-state index contributed by atoms with van der Waals surface area (Å²) in [4.78, 5) is 19.8. The number of hydrogen-bond acceptors (Lipinski definition) is 3. The van der Waals surface area contributed by atoms with Gasteiger partial charge in [0.05, 0.1) is 17.6 Å². The summed E-state index contributed by atoms with van der Waals surface area (Å²) in [5.74, 6) is 0.903. The van der Waals surface area contributed by atoms with E-state index >= 15 is 0 Å². The standard InChI is InChI=1S/C11H13N3O/c1-8-12-10-4-3-9(7-11(10)13-8)14(2)5-6-15/h3-4,6-7H,5H2,1-2H3,(H,12,13). The van der Waals surface area contributed by atoms with E-state index in [0.717, 1.165) is 28.8 Å². The van der Waals surface area contributed by atoms with Crippen molar-refractivity contribution in [3.8, 4) is 0 Å². The normalized spacial score (nSPS) is 10.5. The second kappa shape index (κ2) is 3.73. The smallest absolute Gasteiger partial charge is 0.139 e. The predicted molar refractivity (Wildman–Crippen MR) is 60.2 cm³/mol. The molecule has 1 heterocycles. The first-order chi connectivity index (χ1) is 7.20. The Kier molecular flexibility index (Phi) is 2.41. The minimum absolute atomic E-state index is 0.401. The molecule has 15 heavy (non-hydrogen) atoms. The van der Waals surface area contributed by atoms with Gasteiger partial charge in [0.25, 0.3) is 0 Å². The molecule has 0 aliphatic carbocycles. The lowest BCUT2D eigenvalue weighted by atomic mass is 10.2. The molecular weight excluding hydrogens is 190 g/mol. The minimum Gasteiger partial charge on any atom is -0.368 e. The zero-order valence-electron chi connectivity index (χ0n) is 8.82. The van der Waals surface area contributed by atoms with Crippen LogP contribution in [0.4, 0.5) is 5.69 Å². The molecule has 0 aliphatic heterocycles. The van der Waals surface area contributed by atoms with Crippen LogP contribution in [0.3, 0.4) is 0 Å². The van der Waals surface area contributed by atoms with Crippen molar-refractivity contribution >= 4 is 23.0 Å². The molecule has 1 N–H and O–H groups in total. The Hall–Kier alpha value is -1.84. The van der Waals surface area contributed by atoms with Crippen molar-refractivity contribution < 1.29 is 4.79 Å². The molecule has 2 rings (SSSR count). The highest BCUT2D eigenvalue weighted by molar-refractivity contribution is 5.80. The predicted octanol–water partition coefficient (Wildman–Crippen LogP) is 1.51. The number of imidazole rings is 1. The topological polar surface area (TPSA) is 49.0 Å². The van der Waals surface area contributed by atoms with Crippen LogP contribution in [0.5, 0.6) is 0 Å². The highest BCUT2D eigenvalue weighted by atomic mass is 16.1. The van der Waals surface area contributed by atoms with Crippen LogP contribution in [0.2, 0.25) is 0 Å². The number of aromatic nitrogens is 2.